The first-order valence-electron chi connectivity index (χ1n) is 19.0. The topological polar surface area (TPSA) is 166 Å². The Morgan fingerprint density at radius 1 is 1.19 bits per heavy atom. The van der Waals surface area contributed by atoms with E-state index in [4.69, 9.17) is 23.9 Å². The molecule has 1 saturated heterocycles. The van der Waals surface area contributed by atoms with Crippen molar-refractivity contribution in [2.45, 2.75) is 127 Å². The number of nitrogens with zero attached hydrogens (tertiary/aromatic N) is 2. The number of rotatable bonds is 5. The maximum absolute atomic E-state index is 14.8. The Kier molecular flexibility index (Phi) is 10.9. The monoisotopic (exact) mass is 744 g/mol. The molecule has 0 radical (unpaired) electrons. The summed E-state index contributed by atoms with van der Waals surface area (Å²) in [5.41, 5.74) is -1.81. The number of methoxy groups -OCH3 is 1. The van der Waals surface area contributed by atoms with Crippen molar-refractivity contribution in [2.24, 2.45) is 5.92 Å². The molecule has 3 N–H and O–H groups in total. The summed E-state index contributed by atoms with van der Waals surface area (Å²) in [4.78, 5) is 62.3. The molecular weight excluding hydrogens is 692 g/mol. The molecule has 0 bridgehead atoms. The van der Waals surface area contributed by atoms with Crippen molar-refractivity contribution in [3.05, 3.63) is 41.6 Å². The summed E-state index contributed by atoms with van der Waals surface area (Å²) < 4.78 is 23.4. The minimum atomic E-state index is -1.64. The maximum Gasteiger partial charge on any atom is 0.408 e. The van der Waals surface area contributed by atoms with E-state index in [1.54, 1.807) is 34.8 Å². The molecule has 1 unspecified atom stereocenters. The zero-order chi connectivity index (χ0) is 39.0. The third kappa shape index (κ3) is 7.58. The van der Waals surface area contributed by atoms with E-state index in [1.165, 1.54) is 4.90 Å². The van der Waals surface area contributed by atoms with Crippen LogP contribution in [0.4, 0.5) is 4.79 Å². The third-order valence-electron chi connectivity index (χ3n) is 10.5. The van der Waals surface area contributed by atoms with Gasteiger partial charge in [-0.3, -0.25) is 9.59 Å². The van der Waals surface area contributed by atoms with Gasteiger partial charge in [-0.1, -0.05) is 50.7 Å². The first kappa shape index (κ1) is 38.9. The van der Waals surface area contributed by atoms with Crippen LogP contribution in [0.5, 0.6) is 11.5 Å². The quantitative estimate of drug-likeness (QED) is 0.216. The summed E-state index contributed by atoms with van der Waals surface area (Å²) in [6.45, 7) is 10.9. The van der Waals surface area contributed by atoms with Crippen LogP contribution in [0.15, 0.2) is 30.4 Å². The minimum absolute atomic E-state index is 0.0131. The SMILES string of the molecule is CCOC(=O)[C@@]12C#C[C@H]1/C=C\CCCCC[C@H](NC(=O)OC(C)(C)C)C(=O)N1C[C@@]3(CC(O)c4c(c(C(C)C)nc5ccc(OC)cc45)O3)C[C@H]1C(=O)N2. The summed E-state index contributed by atoms with van der Waals surface area (Å²) in [6, 6.07) is 3.29. The molecule has 1 fully saturated rings. The Morgan fingerprint density at radius 3 is 2.63 bits per heavy atom. The second kappa shape index (κ2) is 15.1. The molecule has 1 aliphatic carbocycles. The predicted octanol–water partition coefficient (Wildman–Crippen LogP) is 4.99. The highest BCUT2D eigenvalue weighted by Gasteiger charge is 2.58. The van der Waals surface area contributed by atoms with Crippen LogP contribution in [0.2, 0.25) is 0 Å². The molecule has 13 nitrogen and oxygen atoms in total. The Balaban J connectivity index is 1.43. The standard InChI is InChI=1S/C41H52N4O9/c1-8-52-37(49)41-19-18-25(41)14-12-10-9-11-13-15-29(43-38(50)54-39(4,5)6)36(48)45-23-40(21-30(45)35(47)44-41)22-31(46)32-27-20-26(51-7)16-17-28(27)42-33(24(2)3)34(32)53-40/h12,14,16-17,20,24-25,29-31,46H,8-11,13,15,21-23H2,1-7H3,(H,43,50)(H,44,47)/b14-12-/t25-,29+,30+,31?,40+,41-/m1/s1. The van der Waals surface area contributed by atoms with Gasteiger partial charge >= 0.3 is 12.1 Å². The Morgan fingerprint density at radius 2 is 1.96 bits per heavy atom. The molecule has 13 heteroatoms. The molecule has 1 aromatic heterocycles. The van der Waals surface area contributed by atoms with E-state index in [0.717, 1.165) is 12.8 Å². The summed E-state index contributed by atoms with van der Waals surface area (Å²) >= 11 is 0. The number of pyridine rings is 1. The fourth-order valence-corrected chi connectivity index (χ4v) is 7.85. The fourth-order valence-electron chi connectivity index (χ4n) is 7.85. The molecule has 4 aliphatic rings. The lowest BCUT2D eigenvalue weighted by Gasteiger charge is -2.39. The second-order valence-corrected chi connectivity index (χ2v) is 16.0. The molecular formula is C41H52N4O9. The van der Waals surface area contributed by atoms with Crippen molar-refractivity contribution in [3.8, 4) is 23.3 Å². The van der Waals surface area contributed by atoms with E-state index in [1.807, 2.05) is 44.2 Å². The van der Waals surface area contributed by atoms with E-state index in [9.17, 15) is 24.3 Å². The van der Waals surface area contributed by atoms with Gasteiger partial charge in [-0.2, -0.15) is 0 Å². The number of carbonyl (C=O) groups excluding carboxylic acids is 4. The zero-order valence-electron chi connectivity index (χ0n) is 32.2. The molecule has 4 heterocycles. The number of aliphatic hydroxyl groups is 1. The van der Waals surface area contributed by atoms with Gasteiger partial charge in [0.05, 0.1) is 43.5 Å². The second-order valence-electron chi connectivity index (χ2n) is 16.0. The summed E-state index contributed by atoms with van der Waals surface area (Å²) in [5.74, 6) is 4.35. The summed E-state index contributed by atoms with van der Waals surface area (Å²) in [7, 11) is 1.57. The first-order valence-corrected chi connectivity index (χ1v) is 19.0. The molecule has 3 amide bonds. The average Bonchev–Trinajstić information content (AvgIpc) is 3.46. The fraction of sp³-hybridized carbons (Fsp3) is 0.585. The van der Waals surface area contributed by atoms with Crippen molar-refractivity contribution in [1.82, 2.24) is 20.5 Å². The van der Waals surface area contributed by atoms with E-state index in [2.05, 4.69) is 22.5 Å². The zero-order valence-corrected chi connectivity index (χ0v) is 32.2. The van der Waals surface area contributed by atoms with Gasteiger partial charge in [0.15, 0.2) is 0 Å². The first-order chi connectivity index (χ1) is 25.6. The number of aromatic nitrogens is 1. The lowest BCUT2D eigenvalue weighted by atomic mass is 9.76. The molecule has 1 aromatic carbocycles. The molecule has 0 saturated carbocycles. The van der Waals surface area contributed by atoms with E-state index >= 15 is 0 Å². The number of benzene rings is 1. The number of alkyl carbamates (subject to hydrolysis) is 1. The normalized spacial score (nSPS) is 28.8. The highest BCUT2D eigenvalue weighted by atomic mass is 16.6. The smallest absolute Gasteiger partial charge is 0.408 e. The van der Waals surface area contributed by atoms with Crippen LogP contribution in [0.25, 0.3) is 10.9 Å². The molecule has 3 aliphatic heterocycles. The van der Waals surface area contributed by atoms with E-state index < -0.39 is 64.7 Å². The third-order valence-corrected chi connectivity index (χ3v) is 10.5. The number of allylic oxidation sites excluding steroid dienone is 1. The van der Waals surface area contributed by atoms with Gasteiger partial charge in [-0.05, 0) is 71.1 Å². The number of ether oxygens (including phenoxy) is 4. The highest BCUT2D eigenvalue weighted by molar-refractivity contribution is 5.98. The van der Waals surface area contributed by atoms with Crippen LogP contribution >= 0.6 is 0 Å². The van der Waals surface area contributed by atoms with Crippen LogP contribution in [-0.2, 0) is 23.9 Å². The van der Waals surface area contributed by atoms with Crippen molar-refractivity contribution < 1.29 is 43.2 Å². The number of fused-ring (bicyclic) bond motifs is 5. The molecule has 54 heavy (non-hydrogen) atoms. The minimum Gasteiger partial charge on any atom is -0.497 e. The molecule has 2 aromatic rings. The van der Waals surface area contributed by atoms with Gasteiger partial charge < -0.3 is 39.6 Å². The Hall–Kier alpha value is -4.83. The van der Waals surface area contributed by atoms with Crippen LogP contribution in [0.1, 0.15) is 110 Å². The van der Waals surface area contributed by atoms with Gasteiger partial charge in [0.1, 0.15) is 34.8 Å². The number of aliphatic hydroxyl groups excluding tert-OH is 1. The lowest BCUT2D eigenvalue weighted by Crippen LogP contribution is -2.65. The van der Waals surface area contributed by atoms with Crippen molar-refractivity contribution in [3.63, 3.8) is 0 Å². The summed E-state index contributed by atoms with van der Waals surface area (Å²) in [6.07, 6.45) is 5.22. The van der Waals surface area contributed by atoms with Crippen molar-refractivity contribution in [2.75, 3.05) is 20.3 Å². The van der Waals surface area contributed by atoms with Gasteiger partial charge in [0.2, 0.25) is 17.4 Å². The van der Waals surface area contributed by atoms with Gasteiger partial charge in [-0.15, -0.1) is 0 Å². The number of amides is 3. The van der Waals surface area contributed by atoms with Crippen LogP contribution in [0, 0.1) is 17.8 Å². The molecule has 6 atom stereocenters. The predicted molar refractivity (Wildman–Crippen MR) is 200 cm³/mol. The van der Waals surface area contributed by atoms with Crippen LogP contribution in [0.3, 0.4) is 0 Å². The summed E-state index contributed by atoms with van der Waals surface area (Å²) in [5, 5.41) is 18.4. The van der Waals surface area contributed by atoms with Crippen LogP contribution < -0.4 is 20.1 Å². The van der Waals surface area contributed by atoms with Gasteiger partial charge in [0, 0.05) is 23.8 Å². The maximum atomic E-state index is 14.8. The van der Waals surface area contributed by atoms with E-state index in [-0.39, 0.29) is 31.9 Å². The lowest BCUT2D eigenvalue weighted by molar-refractivity contribution is -0.153. The molecule has 1 spiro atoms. The average molecular weight is 745 g/mol. The molecule has 6 rings (SSSR count). The van der Waals surface area contributed by atoms with Crippen LogP contribution in [-0.4, -0.2) is 88.0 Å². The number of carbonyl (C=O) groups is 4. The van der Waals surface area contributed by atoms with Crippen molar-refractivity contribution >= 4 is 34.8 Å². The Labute approximate surface area is 316 Å². The largest absolute Gasteiger partial charge is 0.497 e. The number of nitrogens with one attached hydrogen (secondary N) is 2. The van der Waals surface area contributed by atoms with Gasteiger partial charge in [-0.25, -0.2) is 14.6 Å². The number of hydrogen-bond acceptors (Lipinski definition) is 10. The number of hydrogen-bond donors (Lipinski definition) is 3. The Bertz CT molecular complexity index is 1910. The molecule has 290 valence electrons. The number of esters is 1. The highest BCUT2D eigenvalue weighted by Crippen LogP contribution is 2.50. The van der Waals surface area contributed by atoms with Crippen molar-refractivity contribution in [1.29, 1.82) is 0 Å². The van der Waals surface area contributed by atoms with E-state index in [0.29, 0.717) is 52.9 Å². The van der Waals surface area contributed by atoms with Gasteiger partial charge in [0.25, 0.3) is 0 Å².